The lowest BCUT2D eigenvalue weighted by atomic mass is 10.1. The minimum absolute atomic E-state index is 0.207. The molecule has 0 saturated carbocycles. The highest BCUT2D eigenvalue weighted by atomic mass is 35.5. The number of sulfonamides is 1. The number of carboxylic acids is 1. The molecule has 122 valence electrons. The summed E-state index contributed by atoms with van der Waals surface area (Å²) >= 11 is 5.95. The number of halogens is 1. The summed E-state index contributed by atoms with van der Waals surface area (Å²) in [5.74, 6) is -2.23. The number of rotatable bonds is 4. The third-order valence-electron chi connectivity index (χ3n) is 3.16. The normalized spacial score (nSPS) is 11.3. The van der Waals surface area contributed by atoms with E-state index in [1.54, 1.807) is 13.0 Å². The lowest BCUT2D eigenvalue weighted by Gasteiger charge is -2.12. The molecule has 0 saturated heterocycles. The summed E-state index contributed by atoms with van der Waals surface area (Å²) in [6.07, 6.45) is 0. The third kappa shape index (κ3) is 3.57. The third-order valence-corrected chi connectivity index (χ3v) is 4.97. The molecule has 0 spiro atoms. The van der Waals surface area contributed by atoms with Crippen molar-refractivity contribution in [3.63, 3.8) is 0 Å². The number of aromatic carboxylic acids is 1. The van der Waals surface area contributed by atoms with E-state index in [0.29, 0.717) is 10.6 Å². The number of hydrogen-bond donors (Lipinski definition) is 3. The van der Waals surface area contributed by atoms with Crippen LogP contribution in [0.3, 0.4) is 0 Å². The number of anilines is 1. The van der Waals surface area contributed by atoms with Gasteiger partial charge in [0, 0.05) is 5.02 Å². The summed E-state index contributed by atoms with van der Waals surface area (Å²) in [4.78, 5) is 10.6. The first-order valence-corrected chi connectivity index (χ1v) is 8.34. The maximum absolute atomic E-state index is 12.4. The van der Waals surface area contributed by atoms with E-state index in [1.807, 2.05) is 0 Å². The molecule has 23 heavy (non-hydrogen) atoms. The van der Waals surface area contributed by atoms with Crippen molar-refractivity contribution in [2.45, 2.75) is 18.7 Å². The topological polar surface area (TPSA) is 104 Å². The molecule has 0 bridgehead atoms. The Morgan fingerprint density at radius 2 is 1.83 bits per heavy atom. The molecule has 2 aromatic carbocycles. The molecule has 0 aliphatic rings. The highest BCUT2D eigenvalue weighted by Crippen LogP contribution is 2.31. The zero-order valence-corrected chi connectivity index (χ0v) is 13.9. The van der Waals surface area contributed by atoms with Gasteiger partial charge in [-0.25, -0.2) is 13.2 Å². The van der Waals surface area contributed by atoms with E-state index < -0.39 is 32.2 Å². The van der Waals surface area contributed by atoms with E-state index in [0.717, 1.165) is 5.56 Å². The molecule has 0 atom stereocenters. The van der Waals surface area contributed by atoms with Crippen molar-refractivity contribution in [1.29, 1.82) is 0 Å². The van der Waals surface area contributed by atoms with Gasteiger partial charge < -0.3 is 10.2 Å². The van der Waals surface area contributed by atoms with Crippen LogP contribution in [0.15, 0.2) is 35.2 Å². The Balaban J connectivity index is 2.51. The first-order valence-electron chi connectivity index (χ1n) is 6.47. The Hall–Kier alpha value is -2.25. The lowest BCUT2D eigenvalue weighted by Crippen LogP contribution is -2.14. The number of carbonyl (C=O) groups is 1. The first kappa shape index (κ1) is 17.1. The van der Waals surface area contributed by atoms with Crippen molar-refractivity contribution in [1.82, 2.24) is 0 Å². The number of nitrogens with one attached hydrogen (secondary N) is 1. The van der Waals surface area contributed by atoms with Crippen LogP contribution in [-0.2, 0) is 10.0 Å². The Labute approximate surface area is 138 Å². The molecule has 0 aliphatic heterocycles. The summed E-state index contributed by atoms with van der Waals surface area (Å²) < 4.78 is 27.1. The number of aromatic hydroxyl groups is 1. The average Bonchev–Trinajstić information content (AvgIpc) is 2.44. The van der Waals surface area contributed by atoms with Crippen LogP contribution in [0, 0.1) is 13.8 Å². The van der Waals surface area contributed by atoms with Crippen LogP contribution in [0.25, 0.3) is 0 Å². The smallest absolute Gasteiger partial charge is 0.339 e. The molecule has 0 amide bonds. The number of benzene rings is 2. The first-order chi connectivity index (χ1) is 10.6. The van der Waals surface area contributed by atoms with E-state index in [4.69, 9.17) is 16.7 Å². The largest absolute Gasteiger partial charge is 0.506 e. The van der Waals surface area contributed by atoms with Crippen LogP contribution in [0.2, 0.25) is 5.02 Å². The van der Waals surface area contributed by atoms with E-state index in [2.05, 4.69) is 4.72 Å². The molecule has 0 fully saturated rings. The predicted molar refractivity (Wildman–Crippen MR) is 86.8 cm³/mol. The second-order valence-corrected chi connectivity index (χ2v) is 7.09. The number of hydrogen-bond acceptors (Lipinski definition) is 4. The highest BCUT2D eigenvalue weighted by Gasteiger charge is 2.24. The van der Waals surface area contributed by atoms with E-state index in [1.165, 1.54) is 31.2 Å². The average molecular weight is 356 g/mol. The molecule has 2 rings (SSSR count). The molecule has 0 aromatic heterocycles. The molecule has 0 heterocycles. The van der Waals surface area contributed by atoms with Gasteiger partial charge in [0.2, 0.25) is 0 Å². The van der Waals surface area contributed by atoms with E-state index in [-0.39, 0.29) is 5.69 Å². The fraction of sp³-hybridized carbons (Fsp3) is 0.133. The van der Waals surface area contributed by atoms with Gasteiger partial charge in [0.25, 0.3) is 10.0 Å². The van der Waals surface area contributed by atoms with Gasteiger partial charge in [0.05, 0.1) is 5.69 Å². The Morgan fingerprint density at radius 1 is 1.17 bits per heavy atom. The van der Waals surface area contributed by atoms with Crippen molar-refractivity contribution in [3.8, 4) is 5.75 Å². The summed E-state index contributed by atoms with van der Waals surface area (Å²) in [7, 11) is -4.17. The van der Waals surface area contributed by atoms with Crippen LogP contribution >= 0.6 is 11.6 Å². The van der Waals surface area contributed by atoms with Crippen LogP contribution in [-0.4, -0.2) is 24.6 Å². The minimum Gasteiger partial charge on any atom is -0.506 e. The van der Waals surface area contributed by atoms with Gasteiger partial charge >= 0.3 is 5.97 Å². The molecule has 0 unspecified atom stereocenters. The molecule has 6 nitrogen and oxygen atoms in total. The molecule has 0 aliphatic carbocycles. The standard InChI is InChI=1S/C15H14ClNO5S/c1-8-5-11(15(19)20)14(18)13(6-8)23(21,22)17-10-4-3-9(2)12(16)7-10/h3-7,17-18H,1-2H3,(H,19,20). The van der Waals surface area contributed by atoms with Crippen molar-refractivity contribution in [2.24, 2.45) is 0 Å². The maximum Gasteiger partial charge on any atom is 0.339 e. The summed E-state index contributed by atoms with van der Waals surface area (Å²) in [5, 5.41) is 19.4. The second kappa shape index (κ2) is 6.10. The van der Waals surface area contributed by atoms with Crippen molar-refractivity contribution in [2.75, 3.05) is 4.72 Å². The maximum atomic E-state index is 12.4. The van der Waals surface area contributed by atoms with Crippen LogP contribution in [0.4, 0.5) is 5.69 Å². The number of aryl methyl sites for hydroxylation is 2. The second-order valence-electron chi connectivity index (χ2n) is 5.03. The van der Waals surface area contributed by atoms with Crippen molar-refractivity contribution < 1.29 is 23.4 Å². The summed E-state index contributed by atoms with van der Waals surface area (Å²) in [5.41, 5.74) is 0.898. The predicted octanol–water partition coefficient (Wildman–Crippen LogP) is 3.16. The monoisotopic (exact) mass is 355 g/mol. The van der Waals surface area contributed by atoms with Gasteiger partial charge in [-0.2, -0.15) is 0 Å². The van der Waals surface area contributed by atoms with Gasteiger partial charge in [-0.05, 0) is 49.2 Å². The van der Waals surface area contributed by atoms with Crippen LogP contribution < -0.4 is 4.72 Å². The van der Waals surface area contributed by atoms with E-state index >= 15 is 0 Å². The Kier molecular flexibility index (Phi) is 4.53. The van der Waals surface area contributed by atoms with Crippen LogP contribution in [0.1, 0.15) is 21.5 Å². The number of carboxylic acid groups (broad SMARTS) is 1. The van der Waals surface area contributed by atoms with Gasteiger partial charge in [0.15, 0.2) is 5.75 Å². The zero-order valence-electron chi connectivity index (χ0n) is 12.3. The molecule has 8 heteroatoms. The SMILES string of the molecule is Cc1cc(C(=O)O)c(O)c(S(=O)(=O)Nc2ccc(C)c(Cl)c2)c1. The Morgan fingerprint density at radius 3 is 2.39 bits per heavy atom. The fourth-order valence-electron chi connectivity index (χ4n) is 1.98. The Bertz CT molecular complexity index is 893. The fourth-order valence-corrected chi connectivity index (χ4v) is 3.41. The zero-order chi connectivity index (χ0) is 17.4. The highest BCUT2D eigenvalue weighted by molar-refractivity contribution is 7.92. The molecule has 3 N–H and O–H groups in total. The molecule has 0 radical (unpaired) electrons. The summed E-state index contributed by atoms with van der Waals surface area (Å²) in [6.45, 7) is 3.31. The molecule has 2 aromatic rings. The van der Waals surface area contributed by atoms with Gasteiger partial charge in [0.1, 0.15) is 10.5 Å². The van der Waals surface area contributed by atoms with Gasteiger partial charge in [-0.1, -0.05) is 17.7 Å². The van der Waals surface area contributed by atoms with Crippen LogP contribution in [0.5, 0.6) is 5.75 Å². The molecular formula is C15H14ClNO5S. The van der Waals surface area contributed by atoms with E-state index in [9.17, 15) is 18.3 Å². The minimum atomic E-state index is -4.17. The molecular weight excluding hydrogens is 342 g/mol. The van der Waals surface area contributed by atoms with Crippen molar-refractivity contribution >= 4 is 33.3 Å². The van der Waals surface area contributed by atoms with Gasteiger partial charge in [-0.15, -0.1) is 0 Å². The number of phenols is 1. The lowest BCUT2D eigenvalue weighted by molar-refractivity contribution is 0.0693. The van der Waals surface area contributed by atoms with Gasteiger partial charge in [-0.3, -0.25) is 4.72 Å². The summed E-state index contributed by atoms with van der Waals surface area (Å²) in [6, 6.07) is 6.97. The van der Waals surface area contributed by atoms with Crippen molar-refractivity contribution in [3.05, 3.63) is 52.0 Å². The quantitative estimate of drug-likeness (QED) is 0.781.